The second kappa shape index (κ2) is 7.79. The van der Waals surface area contributed by atoms with E-state index in [0.717, 1.165) is 27.2 Å². The second-order valence-corrected chi connectivity index (χ2v) is 9.14. The normalized spacial score (nSPS) is 13.3. The minimum atomic E-state index is 0.659. The van der Waals surface area contributed by atoms with Crippen molar-refractivity contribution < 1.29 is 0 Å². The lowest BCUT2D eigenvalue weighted by atomic mass is 10.0. The van der Waals surface area contributed by atoms with Gasteiger partial charge in [0.1, 0.15) is 5.82 Å². The number of benzene rings is 5. The van der Waals surface area contributed by atoms with Gasteiger partial charge in [-0.1, -0.05) is 60.7 Å². The van der Waals surface area contributed by atoms with Crippen LogP contribution >= 0.6 is 0 Å². The first-order chi connectivity index (χ1) is 17.7. The molecule has 0 amide bonds. The number of hydrogen-bond acceptors (Lipinski definition) is 2. The lowest BCUT2D eigenvalue weighted by Crippen LogP contribution is -2.32. The maximum absolute atomic E-state index is 6.89. The molecule has 0 aliphatic rings. The van der Waals surface area contributed by atoms with Crippen LogP contribution in [0.15, 0.2) is 115 Å². The van der Waals surface area contributed by atoms with Crippen molar-refractivity contribution in [2.24, 2.45) is 11.5 Å². The third-order valence-electron chi connectivity index (χ3n) is 7.13. The van der Waals surface area contributed by atoms with Crippen LogP contribution in [0.4, 0.5) is 0 Å². The summed E-state index contributed by atoms with van der Waals surface area (Å²) in [6.45, 7) is 0. The zero-order valence-corrected chi connectivity index (χ0v) is 19.6. The molecular weight excluding hydrogens is 440 g/mol. The number of para-hydroxylation sites is 2. The van der Waals surface area contributed by atoms with E-state index in [1.165, 1.54) is 32.4 Å². The first kappa shape index (κ1) is 20.4. The van der Waals surface area contributed by atoms with Gasteiger partial charge >= 0.3 is 0 Å². The zero-order valence-electron chi connectivity index (χ0n) is 19.6. The summed E-state index contributed by atoms with van der Waals surface area (Å²) in [5.74, 6) is 0.659. The van der Waals surface area contributed by atoms with E-state index in [1.54, 1.807) is 6.20 Å². The predicted molar refractivity (Wildman–Crippen MR) is 151 cm³/mol. The van der Waals surface area contributed by atoms with Crippen LogP contribution in [0, 0.1) is 0 Å². The number of aromatic nitrogens is 2. The summed E-state index contributed by atoms with van der Waals surface area (Å²) in [5, 5.41) is 7.76. The van der Waals surface area contributed by atoms with Crippen LogP contribution in [0.3, 0.4) is 0 Å². The number of nitrogens with two attached hydrogens (primary N) is 2. The Morgan fingerprint density at radius 1 is 0.611 bits per heavy atom. The molecule has 0 aliphatic heterocycles. The third-order valence-corrected chi connectivity index (χ3v) is 7.13. The Kier molecular flexibility index (Phi) is 4.42. The molecule has 0 unspecified atom stereocenters. The summed E-state index contributed by atoms with van der Waals surface area (Å²) in [6, 6.07) is 38.1. The first-order valence-corrected chi connectivity index (χ1v) is 12.0. The highest BCUT2D eigenvalue weighted by molar-refractivity contribution is 6.15. The summed E-state index contributed by atoms with van der Waals surface area (Å²) < 4.78 is 4.40. The van der Waals surface area contributed by atoms with Crippen LogP contribution in [0.2, 0.25) is 0 Å². The van der Waals surface area contributed by atoms with Gasteiger partial charge in [-0.25, -0.2) is 0 Å². The van der Waals surface area contributed by atoms with E-state index in [-0.39, 0.29) is 0 Å². The van der Waals surface area contributed by atoms with Gasteiger partial charge in [0.25, 0.3) is 0 Å². The van der Waals surface area contributed by atoms with Gasteiger partial charge in [-0.15, -0.1) is 0 Å². The Labute approximate surface area is 207 Å². The van der Waals surface area contributed by atoms with E-state index in [2.05, 4.69) is 94.2 Å². The Morgan fingerprint density at radius 2 is 1.33 bits per heavy atom. The van der Waals surface area contributed by atoms with Gasteiger partial charge in [-0.3, -0.25) is 4.57 Å². The molecule has 0 spiro atoms. The Bertz CT molecular complexity index is 2060. The average molecular weight is 465 g/mol. The summed E-state index contributed by atoms with van der Waals surface area (Å²) in [6.07, 6.45) is 3.75. The maximum atomic E-state index is 6.89. The maximum Gasteiger partial charge on any atom is 0.116 e. The molecule has 7 aromatic rings. The molecule has 0 saturated carbocycles. The molecule has 4 heteroatoms. The van der Waals surface area contributed by atoms with Gasteiger partial charge < -0.3 is 16.0 Å². The molecule has 0 saturated heterocycles. The van der Waals surface area contributed by atoms with Gasteiger partial charge in [0.05, 0.1) is 16.6 Å². The Morgan fingerprint density at radius 3 is 2.19 bits per heavy atom. The highest BCUT2D eigenvalue weighted by atomic mass is 15.1. The highest BCUT2D eigenvalue weighted by Crippen LogP contribution is 2.35. The fourth-order valence-corrected chi connectivity index (χ4v) is 5.42. The van der Waals surface area contributed by atoms with Crippen LogP contribution in [-0.2, 0) is 0 Å². The monoisotopic (exact) mass is 464 g/mol. The topological polar surface area (TPSA) is 61.9 Å². The van der Waals surface area contributed by atoms with Crippen molar-refractivity contribution in [1.29, 1.82) is 0 Å². The molecule has 172 valence electrons. The summed E-state index contributed by atoms with van der Waals surface area (Å²) in [7, 11) is 0. The van der Waals surface area contributed by atoms with Crippen molar-refractivity contribution >= 4 is 55.5 Å². The lowest BCUT2D eigenvalue weighted by molar-refractivity contribution is 1.13. The summed E-state index contributed by atoms with van der Waals surface area (Å²) in [5.41, 5.74) is 17.3. The number of rotatable bonds is 2. The SMILES string of the molecule is N/C=c1/cccc/c1=C(/N)n1c2ccccc2c2cc3cc4ccn(-c5ccccc5)c4cc3cc21. The van der Waals surface area contributed by atoms with Crippen LogP contribution in [0.5, 0.6) is 0 Å². The van der Waals surface area contributed by atoms with Gasteiger partial charge in [0.2, 0.25) is 0 Å². The molecule has 2 aromatic heterocycles. The first-order valence-electron chi connectivity index (χ1n) is 12.0. The summed E-state index contributed by atoms with van der Waals surface area (Å²) >= 11 is 0. The van der Waals surface area contributed by atoms with Crippen LogP contribution in [0.1, 0.15) is 0 Å². The van der Waals surface area contributed by atoms with Crippen LogP contribution in [-0.4, -0.2) is 9.13 Å². The molecule has 4 nitrogen and oxygen atoms in total. The largest absolute Gasteiger partial charge is 0.404 e. The van der Waals surface area contributed by atoms with E-state index in [9.17, 15) is 0 Å². The lowest BCUT2D eigenvalue weighted by Gasteiger charge is -2.10. The number of nitrogens with zero attached hydrogens (tertiary/aromatic N) is 2. The summed E-state index contributed by atoms with van der Waals surface area (Å²) in [4.78, 5) is 0. The Hall–Kier alpha value is -4.96. The molecule has 0 bridgehead atoms. The molecule has 2 heterocycles. The molecule has 7 rings (SSSR count). The second-order valence-electron chi connectivity index (χ2n) is 9.14. The van der Waals surface area contributed by atoms with Gasteiger partial charge in [-0.2, -0.15) is 0 Å². The van der Waals surface area contributed by atoms with Crippen LogP contribution in [0.25, 0.3) is 61.2 Å². The van der Waals surface area contributed by atoms with Crippen LogP contribution < -0.4 is 21.9 Å². The minimum absolute atomic E-state index is 0.659. The average Bonchev–Trinajstić information content (AvgIpc) is 3.49. The zero-order chi connectivity index (χ0) is 24.2. The molecular formula is C32H24N4. The van der Waals surface area contributed by atoms with E-state index in [4.69, 9.17) is 11.5 Å². The molecule has 0 radical (unpaired) electrons. The van der Waals surface area contributed by atoms with Crippen molar-refractivity contribution in [3.8, 4) is 5.69 Å². The molecule has 5 aromatic carbocycles. The van der Waals surface area contributed by atoms with Crippen molar-refractivity contribution in [1.82, 2.24) is 9.13 Å². The number of fused-ring (bicyclic) bond motifs is 5. The standard InChI is InChI=1S/C32H24N4/c33-20-22-8-4-5-11-26(22)32(34)36-29-13-7-6-12-27(29)28-17-23-16-21-14-15-35(25-9-2-1-3-10-25)30(21)18-24(23)19-31(28)36/h1-20H,33-34H2/b22-20-,32-26+. The fourth-order valence-electron chi connectivity index (χ4n) is 5.42. The van der Waals surface area contributed by atoms with Gasteiger partial charge in [0, 0.05) is 44.7 Å². The minimum Gasteiger partial charge on any atom is -0.404 e. The molecule has 0 fully saturated rings. The van der Waals surface area contributed by atoms with Gasteiger partial charge in [0.15, 0.2) is 0 Å². The highest BCUT2D eigenvalue weighted by Gasteiger charge is 2.15. The smallest absolute Gasteiger partial charge is 0.116 e. The number of hydrogen-bond donors (Lipinski definition) is 2. The van der Waals surface area contributed by atoms with E-state index in [0.29, 0.717) is 5.82 Å². The van der Waals surface area contributed by atoms with E-state index < -0.39 is 0 Å². The molecule has 0 atom stereocenters. The van der Waals surface area contributed by atoms with Crippen molar-refractivity contribution in [2.75, 3.05) is 0 Å². The quantitative estimate of drug-likeness (QED) is 0.371. The van der Waals surface area contributed by atoms with E-state index >= 15 is 0 Å². The molecule has 0 aliphatic carbocycles. The van der Waals surface area contributed by atoms with Gasteiger partial charge in [-0.05, 0) is 59.3 Å². The van der Waals surface area contributed by atoms with E-state index in [1.807, 2.05) is 30.3 Å². The fraction of sp³-hybridized carbons (Fsp3) is 0. The molecule has 4 N–H and O–H groups in total. The molecule has 36 heavy (non-hydrogen) atoms. The van der Waals surface area contributed by atoms with Crippen molar-refractivity contribution in [3.63, 3.8) is 0 Å². The third kappa shape index (κ3) is 2.95. The Balaban J connectivity index is 1.60. The predicted octanol–water partition coefficient (Wildman–Crippen LogP) is 5.16. The van der Waals surface area contributed by atoms with Crippen molar-refractivity contribution in [3.05, 3.63) is 126 Å². The van der Waals surface area contributed by atoms with Crippen molar-refractivity contribution in [2.45, 2.75) is 0 Å².